The lowest BCUT2D eigenvalue weighted by Gasteiger charge is -2.47. The first kappa shape index (κ1) is 26.3. The minimum atomic E-state index is -2.66. The van der Waals surface area contributed by atoms with Gasteiger partial charge in [0, 0.05) is 69.7 Å². The number of amides is 1. The van der Waals surface area contributed by atoms with Gasteiger partial charge in [0.2, 0.25) is 5.91 Å². The molecule has 3 aliphatic heterocycles. The van der Waals surface area contributed by atoms with Crippen LogP contribution in [0.5, 0.6) is 0 Å². The molecule has 2 aromatic rings. The zero-order valence-corrected chi connectivity index (χ0v) is 22.1. The molecule has 1 amide bonds. The molecule has 5 rings (SSSR count). The highest BCUT2D eigenvalue weighted by Gasteiger charge is 2.27. The van der Waals surface area contributed by atoms with E-state index in [2.05, 4.69) is 5.10 Å². The molecule has 1 aromatic heterocycles. The van der Waals surface area contributed by atoms with Crippen molar-refractivity contribution in [2.24, 2.45) is 7.05 Å². The number of nitrogens with one attached hydrogen (secondary N) is 1. The van der Waals surface area contributed by atoms with Crippen LogP contribution >= 0.6 is 0 Å². The summed E-state index contributed by atoms with van der Waals surface area (Å²) in [5.74, 6) is 0.598. The molecule has 2 fully saturated rings. The number of hydrogen-bond acceptors (Lipinski definition) is 5. The smallest absolute Gasteiger partial charge is 0.264 e. The van der Waals surface area contributed by atoms with Crippen molar-refractivity contribution in [3.63, 3.8) is 0 Å². The largest absolute Gasteiger partial charge is 0.462 e. The average Bonchev–Trinajstić information content (AvgIpc) is 3.17. The SMILES string of the molecule is CC(=O)N1CCC(=N)/C(=C(\[N-][C@@H]2CCCOCC2)N2CCCc3cc(-c4cnn(C)c4)c(C(F)F)cc32)C1. The summed E-state index contributed by atoms with van der Waals surface area (Å²) in [7, 11) is 1.77. The number of aromatic nitrogens is 2. The molecule has 204 valence electrons. The second-order valence-corrected chi connectivity index (χ2v) is 10.3. The molecule has 1 atom stereocenters. The molecule has 3 aliphatic rings. The Kier molecular flexibility index (Phi) is 7.78. The summed E-state index contributed by atoms with van der Waals surface area (Å²) in [4.78, 5) is 16.0. The van der Waals surface area contributed by atoms with E-state index in [1.54, 1.807) is 35.1 Å². The van der Waals surface area contributed by atoms with Gasteiger partial charge in [-0.3, -0.25) is 9.48 Å². The number of fused-ring (bicyclic) bond motifs is 1. The topological polar surface area (TPSA) is 88.6 Å². The van der Waals surface area contributed by atoms with E-state index in [-0.39, 0.29) is 17.5 Å². The van der Waals surface area contributed by atoms with Crippen LogP contribution in [0.25, 0.3) is 16.4 Å². The lowest BCUT2D eigenvalue weighted by atomic mass is 9.92. The number of nitrogens with zero attached hydrogens (tertiary/aromatic N) is 5. The van der Waals surface area contributed by atoms with Crippen LogP contribution in [0.2, 0.25) is 0 Å². The van der Waals surface area contributed by atoms with Crippen LogP contribution < -0.4 is 4.90 Å². The highest BCUT2D eigenvalue weighted by molar-refractivity contribution is 6.01. The van der Waals surface area contributed by atoms with Crippen molar-refractivity contribution in [1.29, 1.82) is 5.41 Å². The van der Waals surface area contributed by atoms with Crippen molar-refractivity contribution < 1.29 is 18.3 Å². The van der Waals surface area contributed by atoms with Gasteiger partial charge in [-0.15, -0.1) is 0 Å². The second kappa shape index (κ2) is 11.2. The number of carbonyl (C=O) groups is 1. The van der Waals surface area contributed by atoms with Crippen molar-refractivity contribution in [3.05, 3.63) is 52.4 Å². The van der Waals surface area contributed by atoms with E-state index in [1.807, 2.05) is 11.0 Å². The van der Waals surface area contributed by atoms with Gasteiger partial charge >= 0.3 is 0 Å². The number of piperidine rings is 1. The maximum absolute atomic E-state index is 14.4. The standard InChI is InChI=1S/C28H35F2N6O2/c1-18(37)35-10-7-25(31)24(17-35)28(33-21-6-4-11-38-12-8-21)36-9-3-5-19-13-22(20-15-32-34(2)16-20)23(27(29)30)14-26(19)36/h13-16,21,27H,3-12,17H2,1-2H3,(H-,31,33)/q-1/t21-/m1/s1. The number of hydrogen-bond donors (Lipinski definition) is 1. The Bertz CT molecular complexity index is 1230. The Balaban J connectivity index is 1.61. The third-order valence-corrected chi connectivity index (χ3v) is 7.66. The fourth-order valence-corrected chi connectivity index (χ4v) is 5.60. The molecule has 0 radical (unpaired) electrons. The zero-order chi connectivity index (χ0) is 26.8. The fraction of sp³-hybridized carbons (Fsp3) is 0.536. The van der Waals surface area contributed by atoms with Crippen molar-refractivity contribution in [2.75, 3.05) is 37.7 Å². The van der Waals surface area contributed by atoms with Crippen molar-refractivity contribution in [2.45, 2.75) is 57.9 Å². The summed E-state index contributed by atoms with van der Waals surface area (Å²) in [5.41, 5.74) is 3.97. The van der Waals surface area contributed by atoms with Crippen molar-refractivity contribution in [1.82, 2.24) is 14.7 Å². The Morgan fingerprint density at radius 1 is 1.18 bits per heavy atom. The van der Waals surface area contributed by atoms with Gasteiger partial charge in [0.25, 0.3) is 6.43 Å². The third-order valence-electron chi connectivity index (χ3n) is 7.66. The number of rotatable bonds is 5. The maximum Gasteiger partial charge on any atom is 0.264 e. The molecule has 0 aliphatic carbocycles. The first-order valence-corrected chi connectivity index (χ1v) is 13.4. The van der Waals surface area contributed by atoms with E-state index < -0.39 is 6.43 Å². The normalized spacial score (nSPS) is 21.8. The molecule has 0 unspecified atom stereocenters. The molecule has 0 bridgehead atoms. The lowest BCUT2D eigenvalue weighted by Crippen LogP contribution is -2.41. The molecule has 4 heterocycles. The highest BCUT2D eigenvalue weighted by atomic mass is 19.3. The summed E-state index contributed by atoms with van der Waals surface area (Å²) in [6.07, 6.45) is 5.28. The predicted molar refractivity (Wildman–Crippen MR) is 143 cm³/mol. The second-order valence-electron chi connectivity index (χ2n) is 10.3. The fourth-order valence-electron chi connectivity index (χ4n) is 5.60. The summed E-state index contributed by atoms with van der Waals surface area (Å²) in [6.45, 7) is 4.28. The number of carbonyl (C=O) groups excluding carboxylic acids is 1. The average molecular weight is 526 g/mol. The number of ether oxygens (including phenoxy) is 1. The summed E-state index contributed by atoms with van der Waals surface area (Å²) >= 11 is 0. The van der Waals surface area contributed by atoms with Gasteiger partial charge in [-0.1, -0.05) is 11.9 Å². The first-order chi connectivity index (χ1) is 18.3. The molecular formula is C28H35F2N6O2-. The summed E-state index contributed by atoms with van der Waals surface area (Å²) in [6, 6.07) is 3.48. The van der Waals surface area contributed by atoms with Crippen LogP contribution in [0.15, 0.2) is 35.9 Å². The molecule has 38 heavy (non-hydrogen) atoms. The summed E-state index contributed by atoms with van der Waals surface area (Å²) in [5, 5.41) is 18.2. The first-order valence-electron chi connectivity index (χ1n) is 13.4. The zero-order valence-electron chi connectivity index (χ0n) is 22.1. The minimum Gasteiger partial charge on any atom is -0.462 e. The van der Waals surface area contributed by atoms with Gasteiger partial charge in [0.1, 0.15) is 0 Å². The van der Waals surface area contributed by atoms with Crippen LogP contribution in [0.4, 0.5) is 14.5 Å². The van der Waals surface area contributed by atoms with Gasteiger partial charge in [0.15, 0.2) is 0 Å². The number of halogens is 2. The van der Waals surface area contributed by atoms with Gasteiger partial charge in [-0.05, 0) is 73.1 Å². The molecule has 0 saturated carbocycles. The number of anilines is 1. The van der Waals surface area contributed by atoms with Crippen molar-refractivity contribution in [3.8, 4) is 11.1 Å². The minimum absolute atomic E-state index is 0.00937. The van der Waals surface area contributed by atoms with E-state index in [0.29, 0.717) is 73.2 Å². The van der Waals surface area contributed by atoms with Crippen LogP contribution in [0, 0.1) is 5.41 Å². The molecule has 1 aromatic carbocycles. The van der Waals surface area contributed by atoms with Gasteiger partial charge in [-0.2, -0.15) is 5.10 Å². The number of alkyl halides is 2. The van der Waals surface area contributed by atoms with E-state index in [4.69, 9.17) is 15.5 Å². The van der Waals surface area contributed by atoms with E-state index in [9.17, 15) is 13.6 Å². The summed E-state index contributed by atoms with van der Waals surface area (Å²) < 4.78 is 36.1. The maximum atomic E-state index is 14.4. The third kappa shape index (κ3) is 5.45. The van der Waals surface area contributed by atoms with Crippen LogP contribution in [-0.4, -0.2) is 65.2 Å². The molecule has 10 heteroatoms. The highest BCUT2D eigenvalue weighted by Crippen LogP contribution is 2.42. The number of aryl methyl sites for hydroxylation is 2. The number of benzene rings is 1. The van der Waals surface area contributed by atoms with Crippen LogP contribution in [-0.2, 0) is 23.0 Å². The quantitative estimate of drug-likeness (QED) is 0.581. The van der Waals surface area contributed by atoms with Crippen LogP contribution in [0.1, 0.15) is 56.6 Å². The number of likely N-dealkylation sites (tertiary alicyclic amines) is 1. The van der Waals surface area contributed by atoms with Gasteiger partial charge < -0.3 is 25.3 Å². The molecule has 8 nitrogen and oxygen atoms in total. The van der Waals surface area contributed by atoms with Crippen LogP contribution in [0.3, 0.4) is 0 Å². The van der Waals surface area contributed by atoms with Crippen molar-refractivity contribution >= 4 is 17.3 Å². The van der Waals surface area contributed by atoms with E-state index in [1.165, 1.54) is 6.92 Å². The monoisotopic (exact) mass is 525 g/mol. The Morgan fingerprint density at radius 3 is 2.76 bits per heavy atom. The Labute approximate surface area is 222 Å². The molecular weight excluding hydrogens is 490 g/mol. The van der Waals surface area contributed by atoms with Gasteiger partial charge in [0.05, 0.1) is 6.20 Å². The molecule has 1 N–H and O–H groups in total. The Morgan fingerprint density at radius 2 is 2.03 bits per heavy atom. The Hall–Kier alpha value is -3.27. The van der Waals surface area contributed by atoms with Gasteiger partial charge in [-0.25, -0.2) is 8.78 Å². The predicted octanol–water partition coefficient (Wildman–Crippen LogP) is 5.20. The lowest BCUT2D eigenvalue weighted by molar-refractivity contribution is -0.128. The molecule has 0 spiro atoms. The van der Waals surface area contributed by atoms with E-state index in [0.717, 1.165) is 37.7 Å². The molecule has 2 saturated heterocycles. The van der Waals surface area contributed by atoms with E-state index >= 15 is 0 Å².